The molecule has 1 N–H and O–H groups in total. The Hall–Kier alpha value is -0.680. The van der Waals surface area contributed by atoms with Gasteiger partial charge in [0.05, 0.1) is 0 Å². The van der Waals surface area contributed by atoms with Gasteiger partial charge in [0.1, 0.15) is 17.3 Å². The number of nitrogens with zero attached hydrogens (tertiary/aromatic N) is 2. The fourth-order valence-electron chi connectivity index (χ4n) is 1.57. The molecule has 0 radical (unpaired) electrons. The van der Waals surface area contributed by atoms with E-state index in [9.17, 15) is 4.21 Å². The Morgan fingerprint density at radius 2 is 2.22 bits per heavy atom. The fourth-order valence-corrected chi connectivity index (χ4v) is 2.25. The van der Waals surface area contributed by atoms with E-state index < -0.39 is 10.8 Å². The average molecular weight is 290 g/mol. The lowest BCUT2D eigenvalue weighted by Crippen LogP contribution is -2.16. The molecule has 0 spiro atoms. The van der Waals surface area contributed by atoms with E-state index in [-0.39, 0.29) is 5.25 Å². The lowest BCUT2D eigenvalue weighted by Gasteiger charge is -2.13. The summed E-state index contributed by atoms with van der Waals surface area (Å²) in [5.41, 5.74) is 0.965. The molecule has 0 aliphatic heterocycles. The van der Waals surface area contributed by atoms with E-state index in [1.165, 1.54) is 6.33 Å². The van der Waals surface area contributed by atoms with Crippen molar-refractivity contribution in [2.24, 2.45) is 0 Å². The molecule has 1 aromatic heterocycles. The van der Waals surface area contributed by atoms with Crippen LogP contribution in [0, 0.1) is 0 Å². The van der Waals surface area contributed by atoms with Crippen molar-refractivity contribution in [3.8, 4) is 0 Å². The van der Waals surface area contributed by atoms with Gasteiger partial charge in [0.15, 0.2) is 0 Å². The number of hydrogen-bond donors (Lipinski definition) is 1. The van der Waals surface area contributed by atoms with Gasteiger partial charge in [-0.05, 0) is 12.8 Å². The monoisotopic (exact) mass is 289 g/mol. The van der Waals surface area contributed by atoms with Crippen LogP contribution in [0.3, 0.4) is 0 Å². The Balaban J connectivity index is 2.61. The molecule has 18 heavy (non-hydrogen) atoms. The number of halogens is 1. The minimum atomic E-state index is -0.780. The van der Waals surface area contributed by atoms with Crippen molar-refractivity contribution in [3.05, 3.63) is 17.0 Å². The second-order valence-electron chi connectivity index (χ2n) is 4.27. The molecule has 0 fully saturated rings. The standard InChI is InChI=1S/C12H20ClN3OS/c1-4-5-10-11(13)15-8-16-12(10)14-7-6-9(2)18(3)17/h8-9H,4-7H2,1-3H3,(H,14,15,16). The molecular weight excluding hydrogens is 270 g/mol. The van der Waals surface area contributed by atoms with Crippen molar-refractivity contribution in [1.82, 2.24) is 9.97 Å². The molecule has 102 valence electrons. The molecule has 2 unspecified atom stereocenters. The third-order valence-corrected chi connectivity index (χ3v) is 4.50. The molecule has 0 aliphatic carbocycles. The number of anilines is 1. The molecular formula is C12H20ClN3OS. The van der Waals surface area contributed by atoms with Crippen LogP contribution in [0.5, 0.6) is 0 Å². The Morgan fingerprint density at radius 1 is 1.50 bits per heavy atom. The summed E-state index contributed by atoms with van der Waals surface area (Å²) < 4.78 is 11.2. The van der Waals surface area contributed by atoms with Gasteiger partial charge in [0.25, 0.3) is 0 Å². The van der Waals surface area contributed by atoms with Crippen LogP contribution in [-0.4, -0.2) is 32.2 Å². The van der Waals surface area contributed by atoms with E-state index in [1.807, 2.05) is 6.92 Å². The summed E-state index contributed by atoms with van der Waals surface area (Å²) in [4.78, 5) is 8.21. The van der Waals surface area contributed by atoms with Crippen LogP contribution in [0.4, 0.5) is 5.82 Å². The summed E-state index contributed by atoms with van der Waals surface area (Å²) >= 11 is 6.06. The van der Waals surface area contributed by atoms with E-state index in [4.69, 9.17) is 11.6 Å². The van der Waals surface area contributed by atoms with Crippen LogP contribution in [0.2, 0.25) is 5.15 Å². The maximum absolute atomic E-state index is 11.2. The minimum Gasteiger partial charge on any atom is -0.370 e. The lowest BCUT2D eigenvalue weighted by atomic mass is 10.2. The highest BCUT2D eigenvalue weighted by molar-refractivity contribution is 7.84. The first-order valence-corrected chi connectivity index (χ1v) is 8.11. The fraction of sp³-hybridized carbons (Fsp3) is 0.667. The van der Waals surface area contributed by atoms with E-state index in [0.717, 1.165) is 37.2 Å². The summed E-state index contributed by atoms with van der Waals surface area (Å²) in [5.74, 6) is 0.797. The van der Waals surface area contributed by atoms with Crippen molar-refractivity contribution in [3.63, 3.8) is 0 Å². The van der Waals surface area contributed by atoms with Crippen LogP contribution in [0.15, 0.2) is 6.33 Å². The van der Waals surface area contributed by atoms with Gasteiger partial charge >= 0.3 is 0 Å². The van der Waals surface area contributed by atoms with Gasteiger partial charge < -0.3 is 5.32 Å². The number of rotatable bonds is 7. The minimum absolute atomic E-state index is 0.185. The Morgan fingerprint density at radius 3 is 2.83 bits per heavy atom. The van der Waals surface area contributed by atoms with Crippen molar-refractivity contribution in [2.45, 2.75) is 38.4 Å². The zero-order chi connectivity index (χ0) is 13.5. The van der Waals surface area contributed by atoms with Gasteiger partial charge in [-0.25, -0.2) is 9.97 Å². The van der Waals surface area contributed by atoms with Crippen molar-refractivity contribution in [1.29, 1.82) is 0 Å². The van der Waals surface area contributed by atoms with Gasteiger partial charge in [-0.1, -0.05) is 31.9 Å². The van der Waals surface area contributed by atoms with E-state index in [1.54, 1.807) is 6.26 Å². The molecule has 1 aromatic rings. The zero-order valence-corrected chi connectivity index (χ0v) is 12.6. The normalized spacial score (nSPS) is 14.2. The number of aromatic nitrogens is 2. The molecule has 0 bridgehead atoms. The Bertz CT molecular complexity index is 414. The largest absolute Gasteiger partial charge is 0.370 e. The molecule has 0 aromatic carbocycles. The lowest BCUT2D eigenvalue weighted by molar-refractivity contribution is 0.672. The quantitative estimate of drug-likeness (QED) is 0.784. The van der Waals surface area contributed by atoms with Crippen molar-refractivity contribution >= 4 is 28.2 Å². The van der Waals surface area contributed by atoms with E-state index in [2.05, 4.69) is 22.2 Å². The molecule has 4 nitrogen and oxygen atoms in total. The second kappa shape index (κ2) is 7.69. The first kappa shape index (κ1) is 15.4. The van der Waals surface area contributed by atoms with Crippen molar-refractivity contribution in [2.75, 3.05) is 18.1 Å². The van der Waals surface area contributed by atoms with E-state index >= 15 is 0 Å². The molecule has 1 rings (SSSR count). The van der Waals surface area contributed by atoms with Crippen LogP contribution < -0.4 is 5.32 Å². The maximum Gasteiger partial charge on any atom is 0.137 e. The third-order valence-electron chi connectivity index (χ3n) is 2.80. The molecule has 1 heterocycles. The summed E-state index contributed by atoms with van der Waals surface area (Å²) in [6.45, 7) is 4.82. The van der Waals surface area contributed by atoms with Gasteiger partial charge in [0.2, 0.25) is 0 Å². The predicted octanol–water partition coefficient (Wildman–Crippen LogP) is 2.65. The van der Waals surface area contributed by atoms with Crippen molar-refractivity contribution < 1.29 is 4.21 Å². The van der Waals surface area contributed by atoms with E-state index in [0.29, 0.717) is 5.15 Å². The maximum atomic E-state index is 11.2. The van der Waals surface area contributed by atoms with Gasteiger partial charge in [0, 0.05) is 34.4 Å². The molecule has 0 saturated heterocycles. The molecule has 0 aliphatic rings. The first-order valence-electron chi connectivity index (χ1n) is 6.11. The first-order chi connectivity index (χ1) is 8.56. The van der Waals surface area contributed by atoms with Gasteiger partial charge in [-0.2, -0.15) is 0 Å². The summed E-state index contributed by atoms with van der Waals surface area (Å²) in [7, 11) is -0.780. The summed E-state index contributed by atoms with van der Waals surface area (Å²) in [6, 6.07) is 0. The van der Waals surface area contributed by atoms with Gasteiger partial charge in [-0.15, -0.1) is 0 Å². The molecule has 0 amide bonds. The highest BCUT2D eigenvalue weighted by atomic mass is 35.5. The average Bonchev–Trinajstić information content (AvgIpc) is 2.33. The van der Waals surface area contributed by atoms with Crippen LogP contribution in [0.1, 0.15) is 32.3 Å². The summed E-state index contributed by atoms with van der Waals surface area (Å²) in [6.07, 6.45) is 5.89. The van der Waals surface area contributed by atoms with Gasteiger partial charge in [-0.3, -0.25) is 4.21 Å². The topological polar surface area (TPSA) is 54.9 Å². The van der Waals surface area contributed by atoms with Crippen LogP contribution >= 0.6 is 11.6 Å². The second-order valence-corrected chi connectivity index (χ2v) is 6.43. The molecule has 2 atom stereocenters. The van der Waals surface area contributed by atoms with Crippen LogP contribution in [0.25, 0.3) is 0 Å². The number of nitrogens with one attached hydrogen (secondary N) is 1. The molecule has 0 saturated carbocycles. The third kappa shape index (κ3) is 4.53. The Kier molecular flexibility index (Phi) is 6.57. The highest BCUT2D eigenvalue weighted by Crippen LogP contribution is 2.21. The smallest absolute Gasteiger partial charge is 0.137 e. The zero-order valence-electron chi connectivity index (χ0n) is 11.1. The number of hydrogen-bond acceptors (Lipinski definition) is 4. The SMILES string of the molecule is CCCc1c(Cl)ncnc1NCCC(C)S(C)=O. The highest BCUT2D eigenvalue weighted by Gasteiger charge is 2.10. The molecule has 6 heteroatoms. The van der Waals surface area contributed by atoms with Crippen LogP contribution in [-0.2, 0) is 17.2 Å². The summed E-state index contributed by atoms with van der Waals surface area (Å²) in [5, 5.41) is 3.95. The Labute approximate surface area is 116 Å². The predicted molar refractivity (Wildman–Crippen MR) is 77.7 cm³/mol.